The molecule has 0 aliphatic heterocycles. The second-order valence-corrected chi connectivity index (χ2v) is 5.96. The normalized spacial score (nSPS) is 11.4. The van der Waals surface area contributed by atoms with Gasteiger partial charge in [0.1, 0.15) is 0 Å². The molecule has 0 N–H and O–H groups in total. The van der Waals surface area contributed by atoms with Gasteiger partial charge < -0.3 is 4.74 Å². The number of hydrogen-bond acceptors (Lipinski definition) is 3. The minimum atomic E-state index is 0.224. The average Bonchev–Trinajstić information content (AvgIpc) is 2.00. The maximum Gasteiger partial charge on any atom is 0.220 e. The first-order valence-corrected chi connectivity index (χ1v) is 6.10. The number of thioether (sulfide) groups is 1. The summed E-state index contributed by atoms with van der Waals surface area (Å²) in [5.74, 6) is 0. The molecule has 0 unspecified atom stereocenters. The number of rotatable bonds is 5. The van der Waals surface area contributed by atoms with Gasteiger partial charge in [-0.3, -0.25) is 0 Å². The molecule has 0 heterocycles. The van der Waals surface area contributed by atoms with Crippen molar-refractivity contribution in [1.82, 2.24) is 0 Å². The molecule has 0 saturated heterocycles. The molecule has 0 atom stereocenters. The molecule has 0 saturated carbocycles. The van der Waals surface area contributed by atoms with Crippen LogP contribution in [0.5, 0.6) is 0 Å². The molecule has 0 amide bonds. The monoisotopic (exact) mass is 220 g/mol. The first kappa shape index (κ1) is 13.2. The molecule has 0 fully saturated rings. The summed E-state index contributed by atoms with van der Waals surface area (Å²) in [5, 5.41) is 0. The highest BCUT2D eigenvalue weighted by molar-refractivity contribution is 8.23. The van der Waals surface area contributed by atoms with Crippen molar-refractivity contribution < 1.29 is 4.74 Å². The third-order valence-corrected chi connectivity index (χ3v) is 3.16. The molecule has 0 aromatic rings. The average molecular weight is 220 g/mol. The van der Waals surface area contributed by atoms with Gasteiger partial charge >= 0.3 is 0 Å². The van der Waals surface area contributed by atoms with Gasteiger partial charge in [-0.05, 0) is 25.6 Å². The van der Waals surface area contributed by atoms with Crippen molar-refractivity contribution >= 4 is 28.4 Å². The van der Waals surface area contributed by atoms with Gasteiger partial charge in [0.15, 0.2) is 0 Å². The summed E-state index contributed by atoms with van der Waals surface area (Å²) in [5.41, 5.74) is 0. The molecule has 0 aliphatic rings. The van der Waals surface area contributed by atoms with Crippen LogP contribution in [0.25, 0.3) is 0 Å². The van der Waals surface area contributed by atoms with Crippen molar-refractivity contribution in [3.05, 3.63) is 0 Å². The van der Waals surface area contributed by atoms with Crippen molar-refractivity contribution in [1.29, 1.82) is 0 Å². The summed E-state index contributed by atoms with van der Waals surface area (Å²) in [6.07, 6.45) is 3.70. The third kappa shape index (κ3) is 7.32. The minimum Gasteiger partial charge on any atom is -0.479 e. The van der Waals surface area contributed by atoms with Crippen LogP contribution in [-0.2, 0) is 4.74 Å². The van der Waals surface area contributed by atoms with Crippen LogP contribution in [0.2, 0.25) is 0 Å². The second kappa shape index (κ2) is 6.66. The zero-order valence-electron chi connectivity index (χ0n) is 9.05. The topological polar surface area (TPSA) is 9.23 Å². The molecule has 0 aromatic heterocycles. The molecule has 1 nitrogen and oxygen atoms in total. The zero-order chi connectivity index (χ0) is 10.3. The van der Waals surface area contributed by atoms with Crippen LogP contribution in [0.15, 0.2) is 0 Å². The highest BCUT2D eigenvalue weighted by atomic mass is 32.2. The Kier molecular flexibility index (Phi) is 6.78. The predicted molar refractivity (Wildman–Crippen MR) is 65.4 cm³/mol. The summed E-state index contributed by atoms with van der Waals surface area (Å²) < 4.78 is 6.16. The first-order valence-electron chi connectivity index (χ1n) is 4.87. The lowest BCUT2D eigenvalue weighted by atomic mass is 10.1. The van der Waals surface area contributed by atoms with E-state index in [1.807, 2.05) is 6.92 Å². The lowest BCUT2D eigenvalue weighted by Crippen LogP contribution is -2.17. The number of unbranched alkanes of at least 4 members (excludes halogenated alkanes) is 1. The van der Waals surface area contributed by atoms with E-state index in [0.29, 0.717) is 11.0 Å². The number of hydrogen-bond donors (Lipinski definition) is 0. The van der Waals surface area contributed by atoms with Crippen LogP contribution in [0, 0.1) is 0 Å². The van der Waals surface area contributed by atoms with Crippen LogP contribution in [0.1, 0.15) is 47.0 Å². The smallest absolute Gasteiger partial charge is 0.220 e. The van der Waals surface area contributed by atoms with E-state index in [4.69, 9.17) is 17.0 Å². The zero-order valence-corrected chi connectivity index (χ0v) is 10.7. The summed E-state index contributed by atoms with van der Waals surface area (Å²) in [6, 6.07) is 0. The van der Waals surface area contributed by atoms with E-state index in [0.717, 1.165) is 0 Å². The number of ether oxygens (including phenoxy) is 1. The Labute approximate surface area is 91.6 Å². The molecular weight excluding hydrogens is 200 g/mol. The fraction of sp³-hybridized carbons (Fsp3) is 0.900. The molecule has 0 aliphatic carbocycles. The Balaban J connectivity index is 3.79. The van der Waals surface area contributed by atoms with Gasteiger partial charge in [-0.25, -0.2) is 0 Å². The SMILES string of the molecule is CCCCC(C)(C)SC(=S)OCC. The molecule has 0 aromatic carbocycles. The maximum atomic E-state index is 5.25. The fourth-order valence-corrected chi connectivity index (χ4v) is 2.70. The first-order chi connectivity index (χ1) is 6.02. The van der Waals surface area contributed by atoms with Crippen molar-refractivity contribution in [2.24, 2.45) is 0 Å². The highest BCUT2D eigenvalue weighted by Gasteiger charge is 2.20. The van der Waals surface area contributed by atoms with Crippen LogP contribution < -0.4 is 0 Å². The predicted octanol–water partition coefficient (Wildman–Crippen LogP) is 4.01. The van der Waals surface area contributed by atoms with E-state index in [1.54, 1.807) is 11.8 Å². The van der Waals surface area contributed by atoms with Gasteiger partial charge in [0.2, 0.25) is 4.38 Å². The van der Waals surface area contributed by atoms with E-state index in [2.05, 4.69) is 20.8 Å². The lowest BCUT2D eigenvalue weighted by Gasteiger charge is -2.23. The molecule has 13 heavy (non-hydrogen) atoms. The van der Waals surface area contributed by atoms with Crippen molar-refractivity contribution in [2.45, 2.75) is 51.7 Å². The summed E-state index contributed by atoms with van der Waals surface area (Å²) in [7, 11) is 0. The van der Waals surface area contributed by atoms with Crippen molar-refractivity contribution in [2.75, 3.05) is 6.61 Å². The van der Waals surface area contributed by atoms with Gasteiger partial charge in [-0.1, -0.05) is 45.4 Å². The van der Waals surface area contributed by atoms with Gasteiger partial charge in [-0.15, -0.1) is 0 Å². The Morgan fingerprint density at radius 1 is 1.38 bits per heavy atom. The van der Waals surface area contributed by atoms with Crippen LogP contribution in [0.3, 0.4) is 0 Å². The summed E-state index contributed by atoms with van der Waals surface area (Å²) in [6.45, 7) is 9.29. The second-order valence-electron chi connectivity index (χ2n) is 3.65. The minimum absolute atomic E-state index is 0.224. The van der Waals surface area contributed by atoms with Gasteiger partial charge in [-0.2, -0.15) is 0 Å². The highest BCUT2D eigenvalue weighted by Crippen LogP contribution is 2.31. The maximum absolute atomic E-state index is 5.25. The molecular formula is C10H20OS2. The fourth-order valence-electron chi connectivity index (χ4n) is 1.03. The molecule has 0 spiro atoms. The van der Waals surface area contributed by atoms with E-state index in [9.17, 15) is 0 Å². The van der Waals surface area contributed by atoms with Gasteiger partial charge in [0.05, 0.1) is 6.61 Å². The molecule has 0 radical (unpaired) electrons. The Morgan fingerprint density at radius 2 is 2.00 bits per heavy atom. The van der Waals surface area contributed by atoms with Crippen LogP contribution in [0.4, 0.5) is 0 Å². The van der Waals surface area contributed by atoms with Gasteiger partial charge in [0, 0.05) is 4.75 Å². The van der Waals surface area contributed by atoms with E-state index in [1.165, 1.54) is 19.3 Å². The molecule has 0 bridgehead atoms. The molecule has 3 heteroatoms. The Bertz CT molecular complexity index is 155. The van der Waals surface area contributed by atoms with Crippen molar-refractivity contribution in [3.8, 4) is 0 Å². The third-order valence-electron chi connectivity index (χ3n) is 1.75. The van der Waals surface area contributed by atoms with Crippen LogP contribution >= 0.6 is 24.0 Å². The van der Waals surface area contributed by atoms with Crippen molar-refractivity contribution in [3.63, 3.8) is 0 Å². The van der Waals surface area contributed by atoms with E-state index in [-0.39, 0.29) is 4.75 Å². The number of thiocarbonyl (C=S) groups is 1. The largest absolute Gasteiger partial charge is 0.479 e. The summed E-state index contributed by atoms with van der Waals surface area (Å²) in [4.78, 5) is 0. The van der Waals surface area contributed by atoms with Crippen LogP contribution in [-0.4, -0.2) is 15.7 Å². The lowest BCUT2D eigenvalue weighted by molar-refractivity contribution is 0.345. The molecule has 78 valence electrons. The van der Waals surface area contributed by atoms with E-state index < -0.39 is 0 Å². The quantitative estimate of drug-likeness (QED) is 0.648. The Morgan fingerprint density at radius 3 is 2.46 bits per heavy atom. The summed E-state index contributed by atoms with van der Waals surface area (Å²) >= 11 is 6.77. The molecule has 0 rings (SSSR count). The Hall–Kier alpha value is 0.240. The van der Waals surface area contributed by atoms with Gasteiger partial charge in [0.25, 0.3) is 0 Å². The standard InChI is InChI=1S/C10H20OS2/c1-5-7-8-10(3,4)13-9(12)11-6-2/h5-8H2,1-4H3. The van der Waals surface area contributed by atoms with E-state index >= 15 is 0 Å².